The van der Waals surface area contributed by atoms with Crippen LogP contribution in [0.4, 0.5) is 0 Å². The van der Waals surface area contributed by atoms with Crippen LogP contribution in [0.15, 0.2) is 29.1 Å². The molecule has 4 rings (SSSR count). The summed E-state index contributed by atoms with van der Waals surface area (Å²) in [6, 6.07) is 7.58. The van der Waals surface area contributed by atoms with Gasteiger partial charge in [-0.05, 0) is 38.4 Å². The molecular weight excluding hydrogens is 306 g/mol. The number of aryl methyl sites for hydroxylation is 1. The third-order valence-electron chi connectivity index (χ3n) is 4.74. The first kappa shape index (κ1) is 15.3. The number of nitrogens with zero attached hydrogens (tertiary/aromatic N) is 5. The minimum absolute atomic E-state index is 0.0343. The van der Waals surface area contributed by atoms with Crippen LogP contribution in [0.1, 0.15) is 25.6 Å². The first-order chi connectivity index (χ1) is 11.7. The fraction of sp³-hybridized carbons (Fsp3) is 0.471. The van der Waals surface area contributed by atoms with Crippen molar-refractivity contribution in [2.75, 3.05) is 13.1 Å². The molecule has 126 valence electrons. The molecule has 24 heavy (non-hydrogen) atoms. The van der Waals surface area contributed by atoms with Crippen LogP contribution >= 0.6 is 0 Å². The topological polar surface area (TPSA) is 75.7 Å². The van der Waals surface area contributed by atoms with Crippen molar-refractivity contribution in [3.63, 3.8) is 0 Å². The number of hydrogen-bond acceptors (Lipinski definition) is 5. The average molecular weight is 327 g/mol. The van der Waals surface area contributed by atoms with E-state index < -0.39 is 0 Å². The summed E-state index contributed by atoms with van der Waals surface area (Å²) in [4.78, 5) is 14.8. The third kappa shape index (κ3) is 2.40. The number of rotatable bonds is 3. The minimum atomic E-state index is -0.275. The second kappa shape index (κ2) is 5.99. The van der Waals surface area contributed by atoms with Crippen molar-refractivity contribution in [3.05, 3.63) is 40.4 Å². The average Bonchev–Trinajstić information content (AvgIpc) is 2.99. The lowest BCUT2D eigenvalue weighted by Gasteiger charge is -2.29. The van der Waals surface area contributed by atoms with Gasteiger partial charge in [-0.15, -0.1) is 10.2 Å². The number of aliphatic hydroxyl groups excluding tert-OH is 1. The fourth-order valence-corrected chi connectivity index (χ4v) is 3.58. The Labute approximate surface area is 139 Å². The Bertz CT molecular complexity index is 945. The summed E-state index contributed by atoms with van der Waals surface area (Å²) in [7, 11) is 0. The van der Waals surface area contributed by atoms with Gasteiger partial charge in [0.15, 0.2) is 5.82 Å². The number of β-amino-alcohol motifs (C(OH)–C–C–N with tert-alkyl or cyclic N) is 1. The standard InChI is InChI=1S/C17H21N5O2/c1-2-21-16(24)13-7-3-4-8-14(13)22-15(18-19-17(21)22)11-20-9-5-6-12(23)10-20/h3-4,7-8,12,23H,2,5-6,9-11H2,1H3. The first-order valence-corrected chi connectivity index (χ1v) is 8.45. The second-order valence-electron chi connectivity index (χ2n) is 6.35. The highest BCUT2D eigenvalue weighted by Crippen LogP contribution is 2.17. The van der Waals surface area contributed by atoms with Crippen molar-refractivity contribution in [1.82, 2.24) is 24.1 Å². The Morgan fingerprint density at radius 2 is 2.12 bits per heavy atom. The van der Waals surface area contributed by atoms with Gasteiger partial charge in [0.2, 0.25) is 5.78 Å². The Kier molecular flexibility index (Phi) is 3.82. The highest BCUT2D eigenvalue weighted by Gasteiger charge is 2.21. The molecule has 1 unspecified atom stereocenters. The Hall–Kier alpha value is -2.25. The quantitative estimate of drug-likeness (QED) is 0.777. The normalized spacial score (nSPS) is 19.3. The summed E-state index contributed by atoms with van der Waals surface area (Å²) in [5.41, 5.74) is 0.799. The monoisotopic (exact) mass is 327 g/mol. The van der Waals surface area contributed by atoms with E-state index in [1.807, 2.05) is 35.6 Å². The summed E-state index contributed by atoms with van der Waals surface area (Å²) in [5, 5.41) is 19.2. The van der Waals surface area contributed by atoms with Gasteiger partial charge >= 0.3 is 0 Å². The first-order valence-electron chi connectivity index (χ1n) is 8.45. The highest BCUT2D eigenvalue weighted by molar-refractivity contribution is 5.80. The molecule has 1 N–H and O–H groups in total. The molecule has 7 nitrogen and oxygen atoms in total. The van der Waals surface area contributed by atoms with E-state index in [0.717, 1.165) is 30.7 Å². The smallest absolute Gasteiger partial charge is 0.262 e. The van der Waals surface area contributed by atoms with Crippen LogP contribution in [-0.4, -0.2) is 48.4 Å². The second-order valence-corrected chi connectivity index (χ2v) is 6.35. The maximum atomic E-state index is 12.7. The molecule has 0 radical (unpaired) electrons. The predicted octanol–water partition coefficient (Wildman–Crippen LogP) is 1.02. The molecule has 3 aromatic rings. The Morgan fingerprint density at radius 1 is 1.29 bits per heavy atom. The summed E-state index contributed by atoms with van der Waals surface area (Å²) in [6.45, 7) is 4.70. The summed E-state index contributed by atoms with van der Waals surface area (Å²) < 4.78 is 3.63. The fourth-order valence-electron chi connectivity index (χ4n) is 3.58. The molecule has 0 spiro atoms. The molecule has 1 aliphatic heterocycles. The molecule has 0 bridgehead atoms. The van der Waals surface area contributed by atoms with E-state index in [9.17, 15) is 9.90 Å². The van der Waals surface area contributed by atoms with E-state index in [4.69, 9.17) is 0 Å². The maximum Gasteiger partial charge on any atom is 0.262 e. The number of piperidine rings is 1. The van der Waals surface area contributed by atoms with Crippen LogP contribution in [0.2, 0.25) is 0 Å². The van der Waals surface area contributed by atoms with Crippen molar-refractivity contribution in [3.8, 4) is 0 Å². The predicted molar refractivity (Wildman–Crippen MR) is 90.9 cm³/mol. The molecule has 0 amide bonds. The van der Waals surface area contributed by atoms with Crippen LogP contribution in [0.5, 0.6) is 0 Å². The minimum Gasteiger partial charge on any atom is -0.392 e. The van der Waals surface area contributed by atoms with Gasteiger partial charge in [0, 0.05) is 13.1 Å². The zero-order valence-corrected chi connectivity index (χ0v) is 13.7. The van der Waals surface area contributed by atoms with Gasteiger partial charge in [-0.2, -0.15) is 0 Å². The maximum absolute atomic E-state index is 12.7. The Morgan fingerprint density at radius 3 is 2.92 bits per heavy atom. The lowest BCUT2D eigenvalue weighted by Crippen LogP contribution is -2.38. The van der Waals surface area contributed by atoms with E-state index in [-0.39, 0.29) is 11.7 Å². The van der Waals surface area contributed by atoms with Gasteiger partial charge in [0.1, 0.15) is 0 Å². The van der Waals surface area contributed by atoms with Gasteiger partial charge in [-0.3, -0.25) is 18.7 Å². The largest absolute Gasteiger partial charge is 0.392 e. The number of aromatic nitrogens is 4. The Balaban J connectivity index is 1.88. The van der Waals surface area contributed by atoms with E-state index in [0.29, 0.717) is 30.8 Å². The number of likely N-dealkylation sites (tertiary alicyclic amines) is 1. The molecule has 0 aliphatic carbocycles. The molecule has 1 atom stereocenters. The summed E-state index contributed by atoms with van der Waals surface area (Å²) >= 11 is 0. The van der Waals surface area contributed by atoms with Gasteiger partial charge < -0.3 is 5.11 Å². The van der Waals surface area contributed by atoms with Gasteiger partial charge in [0.05, 0.1) is 23.6 Å². The number of fused-ring (bicyclic) bond motifs is 3. The highest BCUT2D eigenvalue weighted by atomic mass is 16.3. The molecule has 7 heteroatoms. The summed E-state index contributed by atoms with van der Waals surface area (Å²) in [5.74, 6) is 1.38. The van der Waals surface area contributed by atoms with E-state index >= 15 is 0 Å². The van der Waals surface area contributed by atoms with E-state index in [2.05, 4.69) is 15.1 Å². The zero-order chi connectivity index (χ0) is 16.7. The lowest BCUT2D eigenvalue weighted by atomic mass is 10.1. The van der Waals surface area contributed by atoms with E-state index in [1.54, 1.807) is 4.57 Å². The molecule has 1 aliphatic rings. The third-order valence-corrected chi connectivity index (χ3v) is 4.74. The molecule has 2 aromatic heterocycles. The number of aliphatic hydroxyl groups is 1. The van der Waals surface area contributed by atoms with Crippen molar-refractivity contribution < 1.29 is 5.11 Å². The number of para-hydroxylation sites is 1. The molecule has 1 fully saturated rings. The van der Waals surface area contributed by atoms with Crippen LogP contribution in [0.25, 0.3) is 16.7 Å². The van der Waals surface area contributed by atoms with Crippen LogP contribution < -0.4 is 5.56 Å². The van der Waals surface area contributed by atoms with Crippen molar-refractivity contribution >= 4 is 16.7 Å². The van der Waals surface area contributed by atoms with Crippen molar-refractivity contribution in [2.45, 2.75) is 39.0 Å². The van der Waals surface area contributed by atoms with Crippen LogP contribution in [0, 0.1) is 0 Å². The number of hydrogen-bond donors (Lipinski definition) is 1. The van der Waals surface area contributed by atoms with Crippen LogP contribution in [-0.2, 0) is 13.1 Å². The van der Waals surface area contributed by atoms with Crippen molar-refractivity contribution in [1.29, 1.82) is 0 Å². The molecule has 0 saturated carbocycles. The SMILES string of the molecule is CCn1c(=O)c2ccccc2n2c(CN3CCCC(O)C3)nnc12. The van der Waals surface area contributed by atoms with E-state index in [1.165, 1.54) is 0 Å². The van der Waals surface area contributed by atoms with Crippen molar-refractivity contribution in [2.24, 2.45) is 0 Å². The van der Waals surface area contributed by atoms with Gasteiger partial charge in [-0.25, -0.2) is 0 Å². The van der Waals surface area contributed by atoms with Crippen LogP contribution in [0.3, 0.4) is 0 Å². The number of benzene rings is 1. The lowest BCUT2D eigenvalue weighted by molar-refractivity contribution is 0.0654. The summed E-state index contributed by atoms with van der Waals surface area (Å²) in [6.07, 6.45) is 1.57. The zero-order valence-electron chi connectivity index (χ0n) is 13.7. The molecule has 1 aromatic carbocycles. The van der Waals surface area contributed by atoms with Gasteiger partial charge in [-0.1, -0.05) is 12.1 Å². The van der Waals surface area contributed by atoms with Gasteiger partial charge in [0.25, 0.3) is 5.56 Å². The molecule has 1 saturated heterocycles. The molecule has 3 heterocycles. The molecular formula is C17H21N5O2.